The number of nitriles is 1. The van der Waals surface area contributed by atoms with Gasteiger partial charge in [-0.1, -0.05) is 6.42 Å². The van der Waals surface area contributed by atoms with E-state index in [1.807, 2.05) is 4.90 Å². The highest BCUT2D eigenvalue weighted by Crippen LogP contribution is 2.36. The van der Waals surface area contributed by atoms with Crippen LogP contribution in [0.25, 0.3) is 0 Å². The minimum Gasteiger partial charge on any atom is -0.383 e. The van der Waals surface area contributed by atoms with Crippen LogP contribution in [-0.4, -0.2) is 57.9 Å². The second kappa shape index (κ2) is 10.5. The molecule has 1 aliphatic rings. The first kappa shape index (κ1) is 19.9. The lowest BCUT2D eigenvalue weighted by Crippen LogP contribution is -2.37. The maximum absolute atomic E-state index is 12.5. The molecule has 0 bridgehead atoms. The van der Waals surface area contributed by atoms with Gasteiger partial charge in [0.15, 0.2) is 0 Å². The Balaban J connectivity index is 2.02. The smallest absolute Gasteiger partial charge is 0.239 e. The van der Waals surface area contributed by atoms with Gasteiger partial charge in [-0.2, -0.15) is 5.26 Å². The first-order valence-electron chi connectivity index (χ1n) is 8.74. The van der Waals surface area contributed by atoms with E-state index in [1.54, 1.807) is 25.6 Å². The van der Waals surface area contributed by atoms with Gasteiger partial charge in [-0.15, -0.1) is 11.3 Å². The van der Waals surface area contributed by atoms with Crippen molar-refractivity contribution in [2.75, 3.05) is 52.4 Å². The summed E-state index contributed by atoms with van der Waals surface area (Å²) in [6.45, 7) is 2.72. The zero-order valence-electron chi connectivity index (χ0n) is 15.1. The summed E-state index contributed by atoms with van der Waals surface area (Å²) in [6.07, 6.45) is 5.44. The van der Waals surface area contributed by atoms with Gasteiger partial charge in [-0.3, -0.25) is 9.69 Å². The van der Waals surface area contributed by atoms with Gasteiger partial charge in [0.05, 0.1) is 25.3 Å². The number of amides is 1. The molecule has 0 atom stereocenters. The van der Waals surface area contributed by atoms with Gasteiger partial charge in [-0.05, 0) is 31.2 Å². The Morgan fingerprint density at radius 1 is 1.20 bits per heavy atom. The van der Waals surface area contributed by atoms with E-state index in [-0.39, 0.29) is 12.5 Å². The van der Waals surface area contributed by atoms with E-state index in [4.69, 9.17) is 9.47 Å². The first-order valence-corrected chi connectivity index (χ1v) is 9.56. The average Bonchev–Trinajstić information content (AvgIpc) is 2.77. The van der Waals surface area contributed by atoms with Crippen molar-refractivity contribution in [2.24, 2.45) is 0 Å². The molecule has 0 aliphatic heterocycles. The molecule has 0 saturated carbocycles. The normalized spacial score (nSPS) is 14.0. The van der Waals surface area contributed by atoms with Crippen molar-refractivity contribution in [3.8, 4) is 6.07 Å². The number of rotatable bonds is 9. The van der Waals surface area contributed by atoms with Crippen LogP contribution in [0.2, 0.25) is 0 Å². The van der Waals surface area contributed by atoms with Gasteiger partial charge in [0.25, 0.3) is 0 Å². The van der Waals surface area contributed by atoms with E-state index in [0.717, 1.165) is 31.2 Å². The largest absolute Gasteiger partial charge is 0.383 e. The predicted octanol–water partition coefficient (Wildman–Crippen LogP) is 2.42. The Labute approximate surface area is 153 Å². The molecule has 0 radical (unpaired) electrons. The molecule has 0 unspecified atom stereocenters. The fourth-order valence-corrected chi connectivity index (χ4v) is 4.28. The summed E-state index contributed by atoms with van der Waals surface area (Å²) in [5.41, 5.74) is 1.81. The fourth-order valence-electron chi connectivity index (χ4n) is 3.03. The number of carbonyl (C=O) groups is 1. The number of aryl methyl sites for hydroxylation is 1. The molecule has 1 amide bonds. The molecule has 138 valence electrons. The van der Waals surface area contributed by atoms with Crippen LogP contribution in [0.1, 0.15) is 35.3 Å². The molecule has 0 saturated heterocycles. The molecule has 1 aromatic heterocycles. The summed E-state index contributed by atoms with van der Waals surface area (Å²) in [5.74, 6) is -0.0971. The number of fused-ring (bicyclic) bond motifs is 1. The number of methoxy groups -OCH3 is 2. The molecular weight excluding hydrogens is 338 g/mol. The average molecular weight is 365 g/mol. The minimum atomic E-state index is -0.0971. The van der Waals surface area contributed by atoms with Crippen molar-refractivity contribution in [3.05, 3.63) is 16.0 Å². The van der Waals surface area contributed by atoms with Crippen LogP contribution in [-0.2, 0) is 27.1 Å². The van der Waals surface area contributed by atoms with Crippen molar-refractivity contribution in [1.82, 2.24) is 4.90 Å². The number of nitrogens with one attached hydrogen (secondary N) is 1. The third kappa shape index (κ3) is 5.79. The fraction of sp³-hybridized carbons (Fsp3) is 0.667. The van der Waals surface area contributed by atoms with E-state index in [1.165, 1.54) is 11.3 Å². The van der Waals surface area contributed by atoms with Crippen molar-refractivity contribution < 1.29 is 14.3 Å². The molecule has 1 heterocycles. The zero-order valence-corrected chi connectivity index (χ0v) is 15.9. The third-order valence-corrected chi connectivity index (χ3v) is 5.58. The van der Waals surface area contributed by atoms with Crippen molar-refractivity contribution in [2.45, 2.75) is 32.1 Å². The Kier molecular flexibility index (Phi) is 8.35. The first-order chi connectivity index (χ1) is 12.2. The van der Waals surface area contributed by atoms with Crippen LogP contribution < -0.4 is 5.32 Å². The summed E-state index contributed by atoms with van der Waals surface area (Å²) < 4.78 is 10.2. The second-order valence-corrected chi connectivity index (χ2v) is 7.30. The standard InChI is InChI=1S/C18H27N3O3S/c1-23-10-8-21(9-11-24-2)13-17(22)20-18-15(12-19)14-6-4-3-5-7-16(14)25-18/h3-11,13H2,1-2H3,(H,20,22). The second-order valence-electron chi connectivity index (χ2n) is 6.19. The van der Waals surface area contributed by atoms with Gasteiger partial charge >= 0.3 is 0 Å². The van der Waals surface area contributed by atoms with Crippen LogP contribution in [0.3, 0.4) is 0 Å². The molecule has 2 rings (SSSR count). The quantitative estimate of drug-likeness (QED) is 0.680. The number of ether oxygens (including phenoxy) is 2. The SMILES string of the molecule is COCCN(CCOC)CC(=O)Nc1sc2c(c1C#N)CCCCC2. The number of anilines is 1. The minimum absolute atomic E-state index is 0.0971. The van der Waals surface area contributed by atoms with Crippen LogP contribution in [0, 0.1) is 11.3 Å². The van der Waals surface area contributed by atoms with Crippen molar-refractivity contribution in [1.29, 1.82) is 5.26 Å². The van der Waals surface area contributed by atoms with Crippen molar-refractivity contribution >= 4 is 22.2 Å². The van der Waals surface area contributed by atoms with Crippen LogP contribution in [0.5, 0.6) is 0 Å². The Morgan fingerprint density at radius 2 is 1.88 bits per heavy atom. The lowest BCUT2D eigenvalue weighted by atomic mass is 10.1. The highest BCUT2D eigenvalue weighted by molar-refractivity contribution is 7.16. The van der Waals surface area contributed by atoms with Gasteiger partial charge < -0.3 is 14.8 Å². The summed E-state index contributed by atoms with van der Waals surface area (Å²) in [5, 5.41) is 13.2. The van der Waals surface area contributed by atoms with Gasteiger partial charge in [0.2, 0.25) is 5.91 Å². The monoisotopic (exact) mass is 365 g/mol. The highest BCUT2D eigenvalue weighted by atomic mass is 32.1. The molecule has 0 fully saturated rings. The summed E-state index contributed by atoms with van der Waals surface area (Å²) in [4.78, 5) is 15.7. The maximum atomic E-state index is 12.5. The van der Waals surface area contributed by atoms with Gasteiger partial charge in [-0.25, -0.2) is 0 Å². The van der Waals surface area contributed by atoms with Gasteiger partial charge in [0.1, 0.15) is 11.1 Å². The Hall–Kier alpha value is -1.46. The molecular formula is C18H27N3O3S. The topological polar surface area (TPSA) is 74.6 Å². The zero-order chi connectivity index (χ0) is 18.1. The molecule has 0 aromatic carbocycles. The lowest BCUT2D eigenvalue weighted by molar-refractivity contribution is -0.117. The van der Waals surface area contributed by atoms with E-state index in [2.05, 4.69) is 11.4 Å². The number of hydrogen-bond donors (Lipinski definition) is 1. The van der Waals surface area contributed by atoms with E-state index < -0.39 is 0 Å². The molecule has 0 spiro atoms. The summed E-state index contributed by atoms with van der Waals surface area (Å²) >= 11 is 1.57. The van der Waals surface area contributed by atoms with Crippen molar-refractivity contribution in [3.63, 3.8) is 0 Å². The number of hydrogen-bond acceptors (Lipinski definition) is 6. The van der Waals surface area contributed by atoms with Gasteiger partial charge in [0, 0.05) is 32.2 Å². The molecule has 1 aromatic rings. The summed E-state index contributed by atoms with van der Waals surface area (Å²) in [7, 11) is 3.29. The number of carbonyl (C=O) groups excluding carboxylic acids is 1. The maximum Gasteiger partial charge on any atom is 0.239 e. The molecule has 6 nitrogen and oxygen atoms in total. The highest BCUT2D eigenvalue weighted by Gasteiger charge is 2.21. The van der Waals surface area contributed by atoms with E-state index in [0.29, 0.717) is 36.9 Å². The number of thiophene rings is 1. The molecule has 1 N–H and O–H groups in total. The summed E-state index contributed by atoms with van der Waals surface area (Å²) in [6, 6.07) is 2.30. The Morgan fingerprint density at radius 3 is 2.52 bits per heavy atom. The number of nitrogens with zero attached hydrogens (tertiary/aromatic N) is 2. The third-order valence-electron chi connectivity index (χ3n) is 4.38. The molecule has 25 heavy (non-hydrogen) atoms. The predicted molar refractivity (Wildman–Crippen MR) is 99.1 cm³/mol. The lowest BCUT2D eigenvalue weighted by Gasteiger charge is -2.20. The van der Waals surface area contributed by atoms with E-state index >= 15 is 0 Å². The van der Waals surface area contributed by atoms with Crippen LogP contribution in [0.4, 0.5) is 5.00 Å². The molecule has 7 heteroatoms. The molecule has 1 aliphatic carbocycles. The van der Waals surface area contributed by atoms with E-state index in [9.17, 15) is 10.1 Å². The van der Waals surface area contributed by atoms with Crippen LogP contribution in [0.15, 0.2) is 0 Å². The van der Waals surface area contributed by atoms with Crippen LogP contribution >= 0.6 is 11.3 Å². The Bertz CT molecular complexity index is 601.